The number of benzene rings is 3. The molecule has 3 aromatic carbocycles. The number of aryl methyl sites for hydroxylation is 1. The molecule has 2 N–H and O–H groups in total. The maximum atomic E-state index is 13.9. The Balaban J connectivity index is 0.000000300. The molecule has 0 bridgehead atoms. The minimum absolute atomic E-state index is 0.144. The van der Waals surface area contributed by atoms with Crippen LogP contribution in [0.4, 0.5) is 10.1 Å². The van der Waals surface area contributed by atoms with Crippen molar-refractivity contribution in [2.75, 3.05) is 5.32 Å². The van der Waals surface area contributed by atoms with Crippen LogP contribution in [0.1, 0.15) is 35.6 Å². The van der Waals surface area contributed by atoms with Gasteiger partial charge in [-0.3, -0.25) is 9.59 Å². The van der Waals surface area contributed by atoms with Gasteiger partial charge in [-0.25, -0.2) is 4.39 Å². The van der Waals surface area contributed by atoms with Crippen molar-refractivity contribution in [1.29, 1.82) is 0 Å². The summed E-state index contributed by atoms with van der Waals surface area (Å²) < 4.78 is 13.9. The van der Waals surface area contributed by atoms with Crippen LogP contribution in [0.3, 0.4) is 0 Å². The van der Waals surface area contributed by atoms with Gasteiger partial charge in [0.1, 0.15) is 11.2 Å². The number of rotatable bonds is 1. The van der Waals surface area contributed by atoms with Crippen LogP contribution in [0.5, 0.6) is 0 Å². The minimum Gasteiger partial charge on any atom is -0.348 e. The molecule has 2 amide bonds. The normalized spacial score (nSPS) is 21.3. The summed E-state index contributed by atoms with van der Waals surface area (Å²) in [5.74, 6) is -0.738. The van der Waals surface area contributed by atoms with E-state index in [4.69, 9.17) is 23.2 Å². The molecule has 2 heterocycles. The first-order valence-electron chi connectivity index (χ1n) is 10.2. The van der Waals surface area contributed by atoms with Gasteiger partial charge in [0.25, 0.3) is 0 Å². The van der Waals surface area contributed by atoms with Crippen molar-refractivity contribution in [2.45, 2.75) is 31.2 Å². The Morgan fingerprint density at radius 2 is 1.72 bits per heavy atom. The highest BCUT2D eigenvalue weighted by Crippen LogP contribution is 2.51. The first-order chi connectivity index (χ1) is 15.3. The van der Waals surface area contributed by atoms with E-state index in [0.29, 0.717) is 22.7 Å². The zero-order chi connectivity index (χ0) is 22.9. The molecule has 0 aliphatic carbocycles. The lowest BCUT2D eigenvalue weighted by atomic mass is 9.67. The molecule has 3 aromatic rings. The molecule has 5 rings (SSSR count). The lowest BCUT2D eigenvalue weighted by Gasteiger charge is -2.41. The highest BCUT2D eigenvalue weighted by atomic mass is 35.5. The summed E-state index contributed by atoms with van der Waals surface area (Å²) >= 11 is 11.6. The van der Waals surface area contributed by atoms with E-state index in [1.807, 2.05) is 43.3 Å². The number of hydrogen-bond donors (Lipinski definition) is 2. The van der Waals surface area contributed by atoms with Crippen LogP contribution in [-0.4, -0.2) is 11.8 Å². The lowest BCUT2D eigenvalue weighted by molar-refractivity contribution is -0.130. The fourth-order valence-corrected chi connectivity index (χ4v) is 4.71. The number of nitrogens with one attached hydrogen (secondary N) is 2. The second-order valence-corrected chi connectivity index (χ2v) is 8.79. The molecule has 7 heteroatoms. The summed E-state index contributed by atoms with van der Waals surface area (Å²) in [6, 6.07) is 18.5. The maximum absolute atomic E-state index is 13.9. The molecule has 1 saturated heterocycles. The summed E-state index contributed by atoms with van der Waals surface area (Å²) in [7, 11) is 0. The van der Waals surface area contributed by atoms with E-state index in [2.05, 4.69) is 10.6 Å². The first-order valence-corrected chi connectivity index (χ1v) is 10.9. The summed E-state index contributed by atoms with van der Waals surface area (Å²) in [5, 5.41) is 7.12. The lowest BCUT2D eigenvalue weighted by Crippen LogP contribution is -2.52. The van der Waals surface area contributed by atoms with E-state index >= 15 is 0 Å². The van der Waals surface area contributed by atoms with E-state index < -0.39 is 17.3 Å². The Hall–Kier alpha value is -2.89. The van der Waals surface area contributed by atoms with Gasteiger partial charge >= 0.3 is 0 Å². The number of carbonyl (C=O) groups is 2. The fraction of sp³-hybridized carbons (Fsp3) is 0.200. The van der Waals surface area contributed by atoms with Crippen molar-refractivity contribution in [3.63, 3.8) is 0 Å². The van der Waals surface area contributed by atoms with E-state index in [-0.39, 0.29) is 18.2 Å². The number of halogens is 3. The summed E-state index contributed by atoms with van der Waals surface area (Å²) in [6.45, 7) is 1.85. The number of fused-ring (bicyclic) bond motifs is 2. The highest BCUT2D eigenvalue weighted by molar-refractivity contribution is 6.31. The largest absolute Gasteiger partial charge is 0.348 e. The van der Waals surface area contributed by atoms with Crippen LogP contribution in [0.25, 0.3) is 0 Å². The van der Waals surface area contributed by atoms with Crippen molar-refractivity contribution in [1.82, 2.24) is 5.32 Å². The van der Waals surface area contributed by atoms with Gasteiger partial charge in [-0.1, -0.05) is 53.5 Å². The minimum atomic E-state index is -0.966. The van der Waals surface area contributed by atoms with Gasteiger partial charge in [-0.05, 0) is 66.4 Å². The summed E-state index contributed by atoms with van der Waals surface area (Å²) in [4.78, 5) is 25.1. The molecule has 164 valence electrons. The Bertz CT molecular complexity index is 1190. The van der Waals surface area contributed by atoms with E-state index in [1.54, 1.807) is 18.2 Å². The van der Waals surface area contributed by atoms with Gasteiger partial charge < -0.3 is 10.6 Å². The number of amides is 2. The molecule has 0 unspecified atom stereocenters. The van der Waals surface area contributed by atoms with Crippen LogP contribution in [0.15, 0.2) is 66.7 Å². The predicted octanol–water partition coefficient (Wildman–Crippen LogP) is 5.97. The summed E-state index contributed by atoms with van der Waals surface area (Å²) in [5.41, 5.74) is 1.91. The van der Waals surface area contributed by atoms with Crippen molar-refractivity contribution in [3.8, 4) is 0 Å². The van der Waals surface area contributed by atoms with Crippen LogP contribution < -0.4 is 10.6 Å². The monoisotopic (exact) mass is 470 g/mol. The van der Waals surface area contributed by atoms with E-state index in [9.17, 15) is 14.0 Å². The number of hydrogen-bond acceptors (Lipinski definition) is 2. The molecular formula is C25H21Cl2FN2O2. The zero-order valence-corrected chi connectivity index (χ0v) is 18.8. The molecule has 2 aliphatic rings. The Labute approximate surface area is 195 Å². The molecule has 0 aromatic heterocycles. The van der Waals surface area contributed by atoms with Crippen LogP contribution in [0.2, 0.25) is 10.0 Å². The molecule has 0 radical (unpaired) electrons. The van der Waals surface area contributed by atoms with Gasteiger partial charge in [0.05, 0.1) is 6.04 Å². The fourth-order valence-electron chi connectivity index (χ4n) is 4.39. The van der Waals surface area contributed by atoms with E-state index in [0.717, 1.165) is 16.1 Å². The number of piperidine rings is 1. The van der Waals surface area contributed by atoms with Gasteiger partial charge in [0.2, 0.25) is 11.8 Å². The standard InChI is InChI=1S/C19H16ClFN2O2.C6H5Cl/c1-10-2-4-12(21)9-13(10)17-19(7-6-16(24)23-17)14-5-3-11(20)8-15(14)22-18(19)25;7-6-4-2-1-3-5-6/h2-5,8-9,17H,6-7H2,1H3,(H,22,25)(H,23,24);1-5H/t17-,19-;/m1./s1. The van der Waals surface area contributed by atoms with Crippen LogP contribution in [0, 0.1) is 12.7 Å². The van der Waals surface area contributed by atoms with Crippen molar-refractivity contribution < 1.29 is 14.0 Å². The Morgan fingerprint density at radius 3 is 2.41 bits per heavy atom. The topological polar surface area (TPSA) is 58.2 Å². The summed E-state index contributed by atoms with van der Waals surface area (Å²) in [6.07, 6.45) is 0.597. The third-order valence-corrected chi connectivity index (χ3v) is 6.43. The maximum Gasteiger partial charge on any atom is 0.237 e. The van der Waals surface area contributed by atoms with Gasteiger partial charge in [0, 0.05) is 22.2 Å². The third-order valence-electron chi connectivity index (χ3n) is 5.95. The zero-order valence-electron chi connectivity index (χ0n) is 17.3. The molecule has 32 heavy (non-hydrogen) atoms. The molecule has 2 atom stereocenters. The average Bonchev–Trinajstić information content (AvgIpc) is 3.03. The van der Waals surface area contributed by atoms with Gasteiger partial charge in [-0.2, -0.15) is 0 Å². The van der Waals surface area contributed by atoms with Gasteiger partial charge in [-0.15, -0.1) is 0 Å². The first kappa shape index (κ1) is 22.3. The van der Waals surface area contributed by atoms with Crippen LogP contribution >= 0.6 is 23.2 Å². The van der Waals surface area contributed by atoms with E-state index in [1.165, 1.54) is 12.1 Å². The van der Waals surface area contributed by atoms with Crippen LogP contribution in [-0.2, 0) is 15.0 Å². The molecule has 2 aliphatic heterocycles. The second kappa shape index (κ2) is 8.93. The highest BCUT2D eigenvalue weighted by Gasteiger charge is 2.55. The van der Waals surface area contributed by atoms with Crippen molar-refractivity contribution in [3.05, 3.63) is 99.3 Å². The molecule has 4 nitrogen and oxygen atoms in total. The SMILES string of the molecule is Cc1ccc(F)cc1[C@H]1NC(=O)CC[C@]12C(=O)Nc1cc(Cl)ccc12.Clc1ccccc1. The van der Waals surface area contributed by atoms with Crippen molar-refractivity contribution >= 4 is 40.7 Å². The number of carbonyl (C=O) groups excluding carboxylic acids is 2. The smallest absolute Gasteiger partial charge is 0.237 e. The quantitative estimate of drug-likeness (QED) is 0.460. The average molecular weight is 471 g/mol. The van der Waals surface area contributed by atoms with Crippen molar-refractivity contribution in [2.24, 2.45) is 0 Å². The Morgan fingerprint density at radius 1 is 0.969 bits per heavy atom. The van der Waals surface area contributed by atoms with Gasteiger partial charge in [0.15, 0.2) is 0 Å². The Kier molecular flexibility index (Phi) is 6.22. The molecular weight excluding hydrogens is 450 g/mol. The predicted molar refractivity (Wildman–Crippen MR) is 124 cm³/mol. The number of anilines is 1. The molecule has 0 saturated carbocycles. The second-order valence-electron chi connectivity index (χ2n) is 7.91. The third kappa shape index (κ3) is 4.10. The molecule has 1 fully saturated rings. The molecule has 1 spiro atoms.